The highest BCUT2D eigenvalue weighted by molar-refractivity contribution is 5.86. The quantitative estimate of drug-likeness (QED) is 0.194. The first-order chi connectivity index (χ1) is 18.9. The van der Waals surface area contributed by atoms with E-state index in [1.54, 1.807) is 0 Å². The van der Waals surface area contributed by atoms with Gasteiger partial charge in [-0.05, 0) is 105 Å². The summed E-state index contributed by atoms with van der Waals surface area (Å²) >= 11 is 0. The van der Waals surface area contributed by atoms with Crippen LogP contribution in [0.25, 0.3) is 0 Å². The second-order valence-electron chi connectivity index (χ2n) is 14.8. The fraction of sp³-hybridized carbons (Fsp3) is 0.879. The van der Waals surface area contributed by atoms with Crippen molar-refractivity contribution in [2.75, 3.05) is 6.54 Å². The van der Waals surface area contributed by atoms with Crippen molar-refractivity contribution < 1.29 is 14.7 Å². The molecule has 228 valence electrons. The summed E-state index contributed by atoms with van der Waals surface area (Å²) in [4.78, 5) is 26.2. The number of fused-ring (bicyclic) bond motifs is 5. The van der Waals surface area contributed by atoms with Gasteiger partial charge < -0.3 is 16.6 Å². The Balaban J connectivity index is 1.49. The summed E-state index contributed by atoms with van der Waals surface area (Å²) in [7, 11) is 0. The van der Waals surface area contributed by atoms with Crippen LogP contribution in [0.5, 0.6) is 0 Å². The van der Waals surface area contributed by atoms with Gasteiger partial charge in [-0.2, -0.15) is 0 Å². The van der Waals surface area contributed by atoms with Crippen LogP contribution in [0, 0.1) is 52.3 Å². The molecule has 7 N–H and O–H groups in total. The van der Waals surface area contributed by atoms with Gasteiger partial charge in [0.1, 0.15) is 0 Å². The minimum Gasteiger partial charge on any atom is -0.393 e. The first kappa shape index (κ1) is 31.5. The molecule has 0 aromatic heterocycles. The van der Waals surface area contributed by atoms with Gasteiger partial charge in [0.05, 0.1) is 18.1 Å². The molecular weight excluding hydrogens is 500 g/mol. The molecule has 0 aliphatic heterocycles. The van der Waals surface area contributed by atoms with Crippen molar-refractivity contribution in [3.8, 4) is 0 Å². The third-order valence-corrected chi connectivity index (χ3v) is 12.1. The molecule has 1 unspecified atom stereocenters. The molecule has 7 heteroatoms. The summed E-state index contributed by atoms with van der Waals surface area (Å²) in [6.45, 7) is 12.5. The van der Waals surface area contributed by atoms with Crippen LogP contribution in [0.1, 0.15) is 112 Å². The molecule has 3 saturated carbocycles. The molecule has 10 atom stereocenters. The van der Waals surface area contributed by atoms with E-state index in [4.69, 9.17) is 11.5 Å². The molecule has 0 heterocycles. The lowest BCUT2D eigenvalue weighted by Crippen LogP contribution is -2.59. The van der Waals surface area contributed by atoms with Crippen molar-refractivity contribution in [3.05, 3.63) is 11.6 Å². The van der Waals surface area contributed by atoms with Crippen LogP contribution in [-0.2, 0) is 9.59 Å². The Labute approximate surface area is 243 Å². The Hall–Kier alpha value is -1.44. The average Bonchev–Trinajstić information content (AvgIpc) is 3.27. The molecule has 2 amide bonds. The van der Waals surface area contributed by atoms with Crippen LogP contribution < -0.4 is 22.3 Å². The molecule has 0 saturated heterocycles. The summed E-state index contributed by atoms with van der Waals surface area (Å²) < 4.78 is 0. The summed E-state index contributed by atoms with van der Waals surface area (Å²) in [5, 5.41) is 10.8. The summed E-state index contributed by atoms with van der Waals surface area (Å²) in [5.41, 5.74) is 18.1. The normalized spacial score (nSPS) is 38.5. The van der Waals surface area contributed by atoms with Crippen molar-refractivity contribution in [1.82, 2.24) is 10.9 Å². The highest BCUT2D eigenvalue weighted by atomic mass is 16.3. The predicted octanol–water partition coefficient (Wildman–Crippen LogP) is 4.83. The Morgan fingerprint density at radius 1 is 1.05 bits per heavy atom. The zero-order valence-corrected chi connectivity index (χ0v) is 25.9. The maximum atomic E-state index is 13.7. The van der Waals surface area contributed by atoms with Crippen LogP contribution >= 0.6 is 0 Å². The molecule has 7 nitrogen and oxygen atoms in total. The van der Waals surface area contributed by atoms with Gasteiger partial charge >= 0.3 is 0 Å². The molecule has 3 fully saturated rings. The first-order valence-electron chi connectivity index (χ1n) is 16.4. The Morgan fingerprint density at radius 3 is 2.50 bits per heavy atom. The van der Waals surface area contributed by atoms with Crippen LogP contribution in [0.4, 0.5) is 0 Å². The number of nitrogens with two attached hydrogens (primary N) is 2. The second-order valence-corrected chi connectivity index (χ2v) is 14.8. The van der Waals surface area contributed by atoms with Gasteiger partial charge in [-0.1, -0.05) is 65.5 Å². The summed E-state index contributed by atoms with van der Waals surface area (Å²) in [5.74, 6) is 3.03. The van der Waals surface area contributed by atoms with Crippen LogP contribution in [0.2, 0.25) is 0 Å². The van der Waals surface area contributed by atoms with E-state index in [1.807, 2.05) is 0 Å². The molecule has 0 aromatic rings. The molecule has 4 rings (SSSR count). The fourth-order valence-corrected chi connectivity index (χ4v) is 9.91. The Bertz CT molecular complexity index is 937. The molecule has 4 aliphatic rings. The number of nitrogens with one attached hydrogen (secondary N) is 2. The molecule has 0 radical (unpaired) electrons. The lowest BCUT2D eigenvalue weighted by atomic mass is 9.44. The number of carbonyl (C=O) groups is 2. The minimum atomic E-state index is -0.704. The predicted molar refractivity (Wildman–Crippen MR) is 160 cm³/mol. The van der Waals surface area contributed by atoms with Gasteiger partial charge in [-0.25, -0.2) is 0 Å². The maximum Gasteiger partial charge on any atom is 0.255 e. The highest BCUT2D eigenvalue weighted by Crippen LogP contribution is 2.68. The number of hydrazine groups is 1. The number of allylic oxidation sites excluding steroid dienone is 1. The first-order valence-corrected chi connectivity index (χ1v) is 16.4. The van der Waals surface area contributed by atoms with E-state index in [9.17, 15) is 14.7 Å². The largest absolute Gasteiger partial charge is 0.393 e. The highest BCUT2D eigenvalue weighted by Gasteiger charge is 2.62. The molecule has 0 spiro atoms. The number of amides is 2. The number of aliphatic hydroxyl groups is 1. The van der Waals surface area contributed by atoms with Crippen LogP contribution in [-0.4, -0.2) is 35.6 Å². The van der Waals surface area contributed by atoms with E-state index < -0.39 is 18.1 Å². The van der Waals surface area contributed by atoms with Gasteiger partial charge in [0.2, 0.25) is 5.91 Å². The monoisotopic (exact) mass is 558 g/mol. The molecular formula is C33H58N4O3. The zero-order valence-electron chi connectivity index (χ0n) is 25.9. The topological polar surface area (TPSA) is 130 Å². The maximum absolute atomic E-state index is 13.7. The van der Waals surface area contributed by atoms with Crippen molar-refractivity contribution in [2.45, 2.75) is 124 Å². The number of hydrogen-bond donors (Lipinski definition) is 5. The lowest BCUT2D eigenvalue weighted by Gasteiger charge is -2.60. The summed E-state index contributed by atoms with van der Waals surface area (Å²) in [6, 6.07) is -0.704. The van der Waals surface area contributed by atoms with Gasteiger partial charge in [0, 0.05) is 5.41 Å². The van der Waals surface area contributed by atoms with Crippen molar-refractivity contribution in [1.29, 1.82) is 0 Å². The summed E-state index contributed by atoms with van der Waals surface area (Å²) in [6.07, 6.45) is 14.1. The van der Waals surface area contributed by atoms with Gasteiger partial charge in [-0.15, -0.1) is 0 Å². The Kier molecular flexibility index (Phi) is 10.1. The second kappa shape index (κ2) is 12.8. The van der Waals surface area contributed by atoms with E-state index in [-0.39, 0.29) is 17.2 Å². The fourth-order valence-electron chi connectivity index (χ4n) is 9.91. The van der Waals surface area contributed by atoms with E-state index in [2.05, 4.69) is 51.5 Å². The number of aliphatic hydroxyl groups excluding tert-OH is 1. The third kappa shape index (κ3) is 6.03. The number of carbonyl (C=O) groups excluding carboxylic acids is 2. The van der Waals surface area contributed by atoms with Gasteiger partial charge in [-0.3, -0.25) is 20.4 Å². The molecule has 0 bridgehead atoms. The third-order valence-electron chi connectivity index (χ3n) is 12.1. The molecule has 40 heavy (non-hydrogen) atoms. The zero-order chi connectivity index (χ0) is 29.2. The average molecular weight is 559 g/mol. The lowest BCUT2D eigenvalue weighted by molar-refractivity contribution is -0.142. The van der Waals surface area contributed by atoms with E-state index in [1.165, 1.54) is 44.1 Å². The SMILES string of the molecule is CC(C)CCC[C@@H](C)[C@H]1CC[C@H]2[C@@H]3CC=C4C[C@@H](O)CC(C(=O)NNC(=O)[C@H](N)CCCN)[C@]4(C)[C@H]3CC[C@]12C. The molecule has 4 aliphatic carbocycles. The van der Waals surface area contributed by atoms with Crippen molar-refractivity contribution in [3.63, 3.8) is 0 Å². The van der Waals surface area contributed by atoms with E-state index in [0.717, 1.165) is 30.6 Å². The van der Waals surface area contributed by atoms with E-state index >= 15 is 0 Å². The van der Waals surface area contributed by atoms with Crippen LogP contribution in [0.3, 0.4) is 0 Å². The standard InChI is InChI=1S/C33H58N4O3/c1-20(2)8-6-9-21(3)25-13-14-26-24-12-11-22-18-23(38)19-28(33(22,5)27(24)15-16-32(25,26)4)30(39)36-37-31(40)29(35)10-7-17-34/h11,20-21,23-29,38H,6-10,12-19,34-35H2,1-5H3,(H,36,39)(H,37,40)/t21-,23-,24+,25-,26+,27+,28?,29-,32-,33+/m1/s1. The number of rotatable bonds is 10. The smallest absolute Gasteiger partial charge is 0.255 e. The number of hydrogen-bond acceptors (Lipinski definition) is 5. The Morgan fingerprint density at radius 2 is 1.80 bits per heavy atom. The van der Waals surface area contributed by atoms with E-state index in [0.29, 0.717) is 55.4 Å². The molecule has 0 aromatic carbocycles. The van der Waals surface area contributed by atoms with Crippen molar-refractivity contribution >= 4 is 11.8 Å². The van der Waals surface area contributed by atoms with Crippen LogP contribution in [0.15, 0.2) is 11.6 Å². The minimum absolute atomic E-state index is 0.205. The van der Waals surface area contributed by atoms with Gasteiger partial charge in [0.15, 0.2) is 0 Å². The van der Waals surface area contributed by atoms with Gasteiger partial charge in [0.25, 0.3) is 5.91 Å². The van der Waals surface area contributed by atoms with Crippen molar-refractivity contribution in [2.24, 2.45) is 63.7 Å².